The van der Waals surface area contributed by atoms with E-state index in [0.29, 0.717) is 22.6 Å². The van der Waals surface area contributed by atoms with Crippen molar-refractivity contribution in [3.63, 3.8) is 0 Å². The number of nitrogens with one attached hydrogen (secondary N) is 2. The minimum atomic E-state index is -0.312. The second-order valence-corrected chi connectivity index (χ2v) is 6.12. The van der Waals surface area contributed by atoms with Crippen molar-refractivity contribution in [2.45, 2.75) is 12.8 Å². The number of carbonyl (C=O) groups is 3. The Morgan fingerprint density at radius 3 is 2.57 bits per heavy atom. The molecule has 140 valence electrons. The number of benzene rings is 2. The van der Waals surface area contributed by atoms with Gasteiger partial charge in [-0.25, -0.2) is 14.7 Å². The van der Waals surface area contributed by atoms with E-state index in [2.05, 4.69) is 20.8 Å². The molecule has 0 radical (unpaired) electrons. The van der Waals surface area contributed by atoms with Crippen LogP contribution in [0.5, 0.6) is 0 Å². The number of amides is 3. The number of hydrazine groups is 1. The highest BCUT2D eigenvalue weighted by Crippen LogP contribution is 2.21. The van der Waals surface area contributed by atoms with Crippen LogP contribution in [0.15, 0.2) is 61.2 Å². The number of hydrogen-bond acceptors (Lipinski definition) is 5. The van der Waals surface area contributed by atoms with Crippen molar-refractivity contribution in [2.75, 3.05) is 10.3 Å². The van der Waals surface area contributed by atoms with Gasteiger partial charge in [-0.15, -0.1) is 0 Å². The monoisotopic (exact) mass is 376 g/mol. The first-order chi connectivity index (χ1) is 13.6. The molecular formula is C19H16N6O3. The van der Waals surface area contributed by atoms with Crippen LogP contribution in [0.3, 0.4) is 0 Å². The molecule has 2 heterocycles. The first kappa shape index (κ1) is 17.4. The highest BCUT2D eigenvalue weighted by Gasteiger charge is 2.24. The minimum absolute atomic E-state index is 0.160. The Morgan fingerprint density at radius 1 is 1.04 bits per heavy atom. The molecule has 9 nitrogen and oxygen atoms in total. The van der Waals surface area contributed by atoms with Crippen LogP contribution in [-0.2, 0) is 9.59 Å². The summed E-state index contributed by atoms with van der Waals surface area (Å²) < 4.78 is 1.56. The van der Waals surface area contributed by atoms with Crippen molar-refractivity contribution < 1.29 is 14.4 Å². The van der Waals surface area contributed by atoms with Gasteiger partial charge in [0.25, 0.3) is 5.91 Å². The third-order valence-electron chi connectivity index (χ3n) is 4.26. The Morgan fingerprint density at radius 2 is 1.82 bits per heavy atom. The molecule has 0 unspecified atom stereocenters. The van der Waals surface area contributed by atoms with E-state index in [0.717, 1.165) is 0 Å². The zero-order valence-electron chi connectivity index (χ0n) is 14.7. The minimum Gasteiger partial charge on any atom is -0.320 e. The molecular weight excluding hydrogens is 360 g/mol. The molecule has 3 amide bonds. The van der Waals surface area contributed by atoms with Crippen LogP contribution in [-0.4, -0.2) is 32.5 Å². The Balaban J connectivity index is 1.52. The van der Waals surface area contributed by atoms with Crippen LogP contribution in [0.1, 0.15) is 23.2 Å². The fourth-order valence-corrected chi connectivity index (χ4v) is 2.85. The maximum absolute atomic E-state index is 12.6. The molecule has 1 aliphatic heterocycles. The summed E-state index contributed by atoms with van der Waals surface area (Å²) in [6, 6.07) is 13.6. The molecule has 1 aromatic heterocycles. The van der Waals surface area contributed by atoms with Gasteiger partial charge in [0, 0.05) is 18.4 Å². The lowest BCUT2D eigenvalue weighted by molar-refractivity contribution is -0.130. The molecule has 0 aliphatic carbocycles. The van der Waals surface area contributed by atoms with Crippen molar-refractivity contribution in [1.82, 2.24) is 20.2 Å². The molecule has 1 aliphatic rings. The summed E-state index contributed by atoms with van der Waals surface area (Å²) in [5.41, 5.74) is 4.70. The van der Waals surface area contributed by atoms with Crippen molar-refractivity contribution in [3.05, 3.63) is 66.7 Å². The van der Waals surface area contributed by atoms with Crippen LogP contribution in [0.4, 0.5) is 11.4 Å². The number of nitrogens with zero attached hydrogens (tertiary/aromatic N) is 4. The van der Waals surface area contributed by atoms with Gasteiger partial charge in [0.1, 0.15) is 12.7 Å². The predicted molar refractivity (Wildman–Crippen MR) is 101 cm³/mol. The molecule has 1 fully saturated rings. The summed E-state index contributed by atoms with van der Waals surface area (Å²) in [4.78, 5) is 40.0. The smallest absolute Gasteiger partial charge is 0.255 e. The van der Waals surface area contributed by atoms with Gasteiger partial charge in [0.05, 0.1) is 17.1 Å². The molecule has 0 saturated carbocycles. The largest absolute Gasteiger partial charge is 0.320 e. The summed E-state index contributed by atoms with van der Waals surface area (Å²) in [6.45, 7) is 0. The quantitative estimate of drug-likeness (QED) is 0.720. The third kappa shape index (κ3) is 3.45. The van der Waals surface area contributed by atoms with Crippen LogP contribution >= 0.6 is 0 Å². The molecule has 0 atom stereocenters. The Labute approximate surface area is 160 Å². The summed E-state index contributed by atoms with van der Waals surface area (Å²) in [5.74, 6) is -0.724. The van der Waals surface area contributed by atoms with E-state index >= 15 is 0 Å². The van der Waals surface area contributed by atoms with Gasteiger partial charge in [-0.3, -0.25) is 19.8 Å². The highest BCUT2D eigenvalue weighted by molar-refractivity contribution is 6.06. The highest BCUT2D eigenvalue weighted by atomic mass is 16.2. The summed E-state index contributed by atoms with van der Waals surface area (Å²) in [6.07, 6.45) is 3.30. The second kappa shape index (κ2) is 7.31. The van der Waals surface area contributed by atoms with Crippen molar-refractivity contribution in [2.24, 2.45) is 0 Å². The maximum Gasteiger partial charge on any atom is 0.255 e. The van der Waals surface area contributed by atoms with E-state index in [-0.39, 0.29) is 30.6 Å². The summed E-state index contributed by atoms with van der Waals surface area (Å²) >= 11 is 0. The van der Waals surface area contributed by atoms with Crippen molar-refractivity contribution in [3.8, 4) is 5.69 Å². The maximum atomic E-state index is 12.6. The normalized spacial score (nSPS) is 13.9. The SMILES string of the molecule is O=C1CCC(=O)N(c2ccc(C(=O)Nc3ccccc3-n3cncn3)cc2)N1. The fourth-order valence-electron chi connectivity index (χ4n) is 2.85. The Hall–Kier alpha value is -4.01. The summed E-state index contributed by atoms with van der Waals surface area (Å²) in [7, 11) is 0. The van der Waals surface area contributed by atoms with Crippen LogP contribution in [0.2, 0.25) is 0 Å². The zero-order chi connectivity index (χ0) is 19.5. The van der Waals surface area contributed by atoms with Crippen LogP contribution in [0.25, 0.3) is 5.69 Å². The Bertz CT molecular complexity index is 1030. The standard InChI is InChI=1S/C19H16N6O3/c26-17-9-10-18(27)25(23-17)14-7-5-13(6-8-14)19(28)22-15-3-1-2-4-16(15)24-12-20-11-21-24/h1-8,11-12H,9-10H2,(H,22,28)(H,23,26). The van der Waals surface area contributed by atoms with Crippen LogP contribution < -0.4 is 15.8 Å². The van der Waals surface area contributed by atoms with E-state index in [1.54, 1.807) is 41.3 Å². The van der Waals surface area contributed by atoms with Gasteiger partial charge in [0.2, 0.25) is 11.8 Å². The number of aromatic nitrogens is 3. The van der Waals surface area contributed by atoms with E-state index < -0.39 is 0 Å². The third-order valence-corrected chi connectivity index (χ3v) is 4.26. The molecule has 2 N–H and O–H groups in total. The summed E-state index contributed by atoms with van der Waals surface area (Å²) in [5, 5.41) is 8.14. The van der Waals surface area contributed by atoms with E-state index in [4.69, 9.17) is 0 Å². The number of anilines is 2. The van der Waals surface area contributed by atoms with E-state index in [1.807, 2.05) is 18.2 Å². The number of para-hydroxylation sites is 2. The van der Waals surface area contributed by atoms with Gasteiger partial charge in [-0.2, -0.15) is 5.10 Å². The average molecular weight is 376 g/mol. The van der Waals surface area contributed by atoms with Gasteiger partial charge in [-0.05, 0) is 36.4 Å². The van der Waals surface area contributed by atoms with Crippen LogP contribution in [0, 0.1) is 0 Å². The van der Waals surface area contributed by atoms with Crippen molar-refractivity contribution >= 4 is 29.1 Å². The topological polar surface area (TPSA) is 109 Å². The molecule has 9 heteroatoms. The Kier molecular flexibility index (Phi) is 4.55. The number of carbonyl (C=O) groups excluding carboxylic acids is 3. The molecule has 28 heavy (non-hydrogen) atoms. The molecule has 2 aromatic carbocycles. The van der Waals surface area contributed by atoms with E-state index in [9.17, 15) is 14.4 Å². The van der Waals surface area contributed by atoms with E-state index in [1.165, 1.54) is 11.3 Å². The lowest BCUT2D eigenvalue weighted by Gasteiger charge is -2.27. The molecule has 0 spiro atoms. The fraction of sp³-hybridized carbons (Fsp3) is 0.105. The zero-order valence-corrected chi connectivity index (χ0v) is 14.7. The molecule has 4 rings (SSSR count). The van der Waals surface area contributed by atoms with Gasteiger partial charge >= 0.3 is 0 Å². The second-order valence-electron chi connectivity index (χ2n) is 6.12. The molecule has 0 bridgehead atoms. The first-order valence-corrected chi connectivity index (χ1v) is 8.60. The average Bonchev–Trinajstić information content (AvgIpc) is 3.25. The predicted octanol–water partition coefficient (Wildman–Crippen LogP) is 1.68. The van der Waals surface area contributed by atoms with Gasteiger partial charge < -0.3 is 5.32 Å². The lowest BCUT2D eigenvalue weighted by Crippen LogP contribution is -2.50. The molecule has 3 aromatic rings. The van der Waals surface area contributed by atoms with Gasteiger partial charge in [0.15, 0.2) is 0 Å². The number of rotatable bonds is 4. The van der Waals surface area contributed by atoms with Crippen molar-refractivity contribution in [1.29, 1.82) is 0 Å². The lowest BCUT2D eigenvalue weighted by atomic mass is 10.1. The van der Waals surface area contributed by atoms with Gasteiger partial charge in [-0.1, -0.05) is 12.1 Å². The number of hydrogen-bond donors (Lipinski definition) is 2. The first-order valence-electron chi connectivity index (χ1n) is 8.60. The molecule has 1 saturated heterocycles.